The van der Waals surface area contributed by atoms with Crippen molar-refractivity contribution in [3.8, 4) is 0 Å². The molecule has 0 unspecified atom stereocenters. The SMILES string of the molecule is Nc1ccc(NC(=O)[C@H]2CCCO2)c(Cl)c1. The molecule has 1 aliphatic heterocycles. The summed E-state index contributed by atoms with van der Waals surface area (Å²) in [5, 5.41) is 3.16. The molecule has 16 heavy (non-hydrogen) atoms. The van der Waals surface area contributed by atoms with E-state index >= 15 is 0 Å². The Morgan fingerprint density at radius 3 is 3.00 bits per heavy atom. The minimum absolute atomic E-state index is 0.149. The molecular formula is C11H13ClN2O2. The first kappa shape index (κ1) is 11.2. The monoisotopic (exact) mass is 240 g/mol. The number of nitrogens with two attached hydrogens (primary N) is 1. The van der Waals surface area contributed by atoms with E-state index < -0.39 is 0 Å². The van der Waals surface area contributed by atoms with Gasteiger partial charge in [0.1, 0.15) is 6.10 Å². The fraction of sp³-hybridized carbons (Fsp3) is 0.364. The molecule has 5 heteroatoms. The molecule has 0 saturated carbocycles. The lowest BCUT2D eigenvalue weighted by atomic mass is 10.2. The van der Waals surface area contributed by atoms with Gasteiger partial charge >= 0.3 is 0 Å². The molecule has 0 aromatic heterocycles. The van der Waals surface area contributed by atoms with Crippen LogP contribution in [0.5, 0.6) is 0 Å². The highest BCUT2D eigenvalue weighted by atomic mass is 35.5. The molecule has 86 valence electrons. The molecule has 1 aromatic carbocycles. The first-order chi connectivity index (χ1) is 7.66. The van der Waals surface area contributed by atoms with Crippen molar-refractivity contribution in [1.82, 2.24) is 0 Å². The highest BCUT2D eigenvalue weighted by Crippen LogP contribution is 2.25. The van der Waals surface area contributed by atoms with Crippen molar-refractivity contribution in [3.05, 3.63) is 23.2 Å². The lowest BCUT2D eigenvalue weighted by Gasteiger charge is -2.11. The van der Waals surface area contributed by atoms with Crippen LogP contribution in [0.25, 0.3) is 0 Å². The van der Waals surface area contributed by atoms with Gasteiger partial charge in [-0.1, -0.05) is 11.6 Å². The van der Waals surface area contributed by atoms with Gasteiger partial charge in [-0.3, -0.25) is 4.79 Å². The van der Waals surface area contributed by atoms with Crippen LogP contribution in [-0.2, 0) is 9.53 Å². The number of hydrogen-bond donors (Lipinski definition) is 2. The van der Waals surface area contributed by atoms with Crippen molar-refractivity contribution in [2.45, 2.75) is 18.9 Å². The number of benzene rings is 1. The van der Waals surface area contributed by atoms with Crippen molar-refractivity contribution in [3.63, 3.8) is 0 Å². The highest BCUT2D eigenvalue weighted by molar-refractivity contribution is 6.34. The Hall–Kier alpha value is -1.26. The van der Waals surface area contributed by atoms with Gasteiger partial charge in [-0.15, -0.1) is 0 Å². The molecule has 0 spiro atoms. The molecule has 0 bridgehead atoms. The highest BCUT2D eigenvalue weighted by Gasteiger charge is 2.23. The molecule has 1 fully saturated rings. The van der Waals surface area contributed by atoms with Crippen LogP contribution in [0.3, 0.4) is 0 Å². The molecule has 3 N–H and O–H groups in total. The number of hydrogen-bond acceptors (Lipinski definition) is 3. The van der Waals surface area contributed by atoms with Crippen molar-refractivity contribution in [2.24, 2.45) is 0 Å². The Labute approximate surface area is 98.7 Å². The second-order valence-corrected chi connectivity index (χ2v) is 4.14. The Kier molecular flexibility index (Phi) is 3.31. The molecule has 1 amide bonds. The Bertz CT molecular complexity index is 403. The number of nitrogens with one attached hydrogen (secondary N) is 1. The normalized spacial score (nSPS) is 19.7. The fourth-order valence-electron chi connectivity index (χ4n) is 1.63. The number of carbonyl (C=O) groups excluding carboxylic acids is 1. The van der Waals surface area contributed by atoms with Gasteiger partial charge in [-0.2, -0.15) is 0 Å². The summed E-state index contributed by atoms with van der Waals surface area (Å²) in [4.78, 5) is 11.7. The minimum Gasteiger partial charge on any atom is -0.399 e. The summed E-state index contributed by atoms with van der Waals surface area (Å²) in [7, 11) is 0. The van der Waals surface area contributed by atoms with Gasteiger partial charge in [0.25, 0.3) is 5.91 Å². The van der Waals surface area contributed by atoms with E-state index in [0.717, 1.165) is 12.8 Å². The van der Waals surface area contributed by atoms with E-state index in [0.29, 0.717) is 23.0 Å². The molecule has 0 radical (unpaired) electrons. The quantitative estimate of drug-likeness (QED) is 0.778. The number of nitrogen functional groups attached to an aromatic ring is 1. The largest absolute Gasteiger partial charge is 0.399 e. The zero-order valence-corrected chi connectivity index (χ0v) is 9.46. The molecule has 1 atom stereocenters. The maximum absolute atomic E-state index is 11.7. The number of ether oxygens (including phenoxy) is 1. The summed E-state index contributed by atoms with van der Waals surface area (Å²) in [6.07, 6.45) is 1.33. The number of carbonyl (C=O) groups is 1. The topological polar surface area (TPSA) is 64.3 Å². The Morgan fingerprint density at radius 2 is 2.38 bits per heavy atom. The molecule has 1 saturated heterocycles. The lowest BCUT2D eigenvalue weighted by Crippen LogP contribution is -2.26. The van der Waals surface area contributed by atoms with Gasteiger partial charge in [0, 0.05) is 12.3 Å². The fourth-order valence-corrected chi connectivity index (χ4v) is 1.87. The average molecular weight is 241 g/mol. The average Bonchev–Trinajstić information content (AvgIpc) is 2.75. The van der Waals surface area contributed by atoms with E-state index in [-0.39, 0.29) is 12.0 Å². The van der Waals surface area contributed by atoms with Gasteiger partial charge in [0.05, 0.1) is 10.7 Å². The van der Waals surface area contributed by atoms with Crippen LogP contribution >= 0.6 is 11.6 Å². The van der Waals surface area contributed by atoms with E-state index in [1.165, 1.54) is 0 Å². The van der Waals surface area contributed by atoms with Crippen LogP contribution in [0, 0.1) is 0 Å². The van der Waals surface area contributed by atoms with Gasteiger partial charge in [-0.05, 0) is 31.0 Å². The third kappa shape index (κ3) is 2.46. The summed E-state index contributed by atoms with van der Waals surface area (Å²) in [6.45, 7) is 0.646. The molecule has 1 heterocycles. The number of anilines is 2. The molecule has 2 rings (SSSR count). The molecule has 1 aliphatic rings. The smallest absolute Gasteiger partial charge is 0.253 e. The van der Waals surface area contributed by atoms with Gasteiger partial charge < -0.3 is 15.8 Å². The van der Waals surface area contributed by atoms with Crippen LogP contribution in [0.15, 0.2) is 18.2 Å². The van der Waals surface area contributed by atoms with E-state index in [9.17, 15) is 4.79 Å². The van der Waals surface area contributed by atoms with Crippen LogP contribution in [0.4, 0.5) is 11.4 Å². The Morgan fingerprint density at radius 1 is 1.56 bits per heavy atom. The predicted octanol–water partition coefficient (Wildman–Crippen LogP) is 2.04. The van der Waals surface area contributed by atoms with Gasteiger partial charge in [0.15, 0.2) is 0 Å². The number of rotatable bonds is 2. The van der Waals surface area contributed by atoms with Crippen molar-refractivity contribution < 1.29 is 9.53 Å². The molecule has 1 aromatic rings. The predicted molar refractivity (Wildman–Crippen MR) is 63.5 cm³/mol. The van der Waals surface area contributed by atoms with Crippen LogP contribution in [0.1, 0.15) is 12.8 Å². The summed E-state index contributed by atoms with van der Waals surface area (Å²) in [5.74, 6) is -0.149. The standard InChI is InChI=1S/C11H13ClN2O2/c12-8-6-7(13)3-4-9(8)14-11(15)10-2-1-5-16-10/h3-4,6,10H,1-2,5,13H2,(H,14,15)/t10-/m1/s1. The van der Waals surface area contributed by atoms with Crippen molar-refractivity contribution in [2.75, 3.05) is 17.7 Å². The van der Waals surface area contributed by atoms with Crippen molar-refractivity contribution >= 4 is 28.9 Å². The van der Waals surface area contributed by atoms with E-state index in [4.69, 9.17) is 22.1 Å². The first-order valence-corrected chi connectivity index (χ1v) is 5.52. The van der Waals surface area contributed by atoms with Gasteiger partial charge in [-0.25, -0.2) is 0 Å². The summed E-state index contributed by atoms with van der Waals surface area (Å²) < 4.78 is 5.27. The van der Waals surface area contributed by atoms with E-state index in [1.807, 2.05) is 0 Å². The number of halogens is 1. The molecular weight excluding hydrogens is 228 g/mol. The van der Waals surface area contributed by atoms with E-state index in [2.05, 4.69) is 5.32 Å². The van der Waals surface area contributed by atoms with Crippen LogP contribution in [0.2, 0.25) is 5.02 Å². The summed E-state index contributed by atoms with van der Waals surface area (Å²) in [5.41, 5.74) is 6.69. The second-order valence-electron chi connectivity index (χ2n) is 3.73. The van der Waals surface area contributed by atoms with Crippen LogP contribution in [-0.4, -0.2) is 18.6 Å². The number of amides is 1. The maximum Gasteiger partial charge on any atom is 0.253 e. The van der Waals surface area contributed by atoms with E-state index in [1.54, 1.807) is 18.2 Å². The zero-order chi connectivity index (χ0) is 11.5. The minimum atomic E-state index is -0.353. The molecule has 0 aliphatic carbocycles. The van der Waals surface area contributed by atoms with Gasteiger partial charge in [0.2, 0.25) is 0 Å². The lowest BCUT2D eigenvalue weighted by molar-refractivity contribution is -0.124. The molecule has 4 nitrogen and oxygen atoms in total. The van der Waals surface area contributed by atoms with Crippen LogP contribution < -0.4 is 11.1 Å². The third-order valence-electron chi connectivity index (χ3n) is 2.47. The summed E-state index contributed by atoms with van der Waals surface area (Å²) >= 11 is 5.94. The second kappa shape index (κ2) is 4.72. The zero-order valence-electron chi connectivity index (χ0n) is 8.70. The Balaban J connectivity index is 2.05. The van der Waals surface area contributed by atoms with Crippen molar-refractivity contribution in [1.29, 1.82) is 0 Å². The maximum atomic E-state index is 11.7. The summed E-state index contributed by atoms with van der Waals surface area (Å²) in [6, 6.07) is 4.98. The third-order valence-corrected chi connectivity index (χ3v) is 2.79. The first-order valence-electron chi connectivity index (χ1n) is 5.14.